The van der Waals surface area contributed by atoms with Crippen LogP contribution in [0.2, 0.25) is 20.2 Å². The summed E-state index contributed by atoms with van der Waals surface area (Å²) in [6.45, 7) is 0. The van der Waals surface area contributed by atoms with Crippen molar-refractivity contribution in [3.8, 4) is 0 Å². The molecule has 7 heteroatoms. The Labute approximate surface area is 115 Å². The molecule has 2 aromatic rings. The van der Waals surface area contributed by atoms with E-state index < -0.39 is 12.0 Å². The number of aromatic nitrogens is 1. The molecular formula is C10H3Cl4F2N. The number of rotatable bonds is 1. The zero-order valence-electron chi connectivity index (χ0n) is 7.95. The number of hydrogen-bond acceptors (Lipinski definition) is 1. The van der Waals surface area contributed by atoms with E-state index in [1.807, 2.05) is 0 Å². The summed E-state index contributed by atoms with van der Waals surface area (Å²) in [7, 11) is 0. The van der Waals surface area contributed by atoms with Gasteiger partial charge in [0, 0.05) is 10.4 Å². The minimum atomic E-state index is -2.82. The third kappa shape index (κ3) is 2.29. The van der Waals surface area contributed by atoms with Crippen molar-refractivity contribution in [1.29, 1.82) is 0 Å². The van der Waals surface area contributed by atoms with Crippen LogP contribution in [0.15, 0.2) is 12.1 Å². The fourth-order valence-electron chi connectivity index (χ4n) is 1.43. The molecule has 1 nitrogen and oxygen atoms in total. The molecule has 0 saturated carbocycles. The third-order valence-corrected chi connectivity index (χ3v) is 3.35. The van der Waals surface area contributed by atoms with E-state index >= 15 is 0 Å². The van der Waals surface area contributed by atoms with Gasteiger partial charge in [-0.2, -0.15) is 0 Å². The Kier molecular flexibility index (Phi) is 3.64. The summed E-state index contributed by atoms with van der Waals surface area (Å²) in [6.07, 6.45) is -2.82. The first-order chi connectivity index (χ1) is 7.91. The second kappa shape index (κ2) is 4.73. The highest BCUT2D eigenvalue weighted by Gasteiger charge is 2.21. The summed E-state index contributed by atoms with van der Waals surface area (Å²) in [5.41, 5.74) is -0.269. The molecule has 0 saturated heterocycles. The zero-order valence-corrected chi connectivity index (χ0v) is 11.0. The first kappa shape index (κ1) is 13.1. The van der Waals surface area contributed by atoms with Crippen LogP contribution >= 0.6 is 46.4 Å². The number of pyridine rings is 1. The molecule has 0 N–H and O–H groups in total. The van der Waals surface area contributed by atoms with Crippen LogP contribution in [-0.2, 0) is 0 Å². The van der Waals surface area contributed by atoms with E-state index in [0.29, 0.717) is 0 Å². The zero-order chi connectivity index (χ0) is 12.7. The Morgan fingerprint density at radius 2 is 1.71 bits per heavy atom. The van der Waals surface area contributed by atoms with Crippen molar-refractivity contribution in [2.75, 3.05) is 0 Å². The summed E-state index contributed by atoms with van der Waals surface area (Å²) in [4.78, 5) is 3.81. The number of halogens is 6. The average molecular weight is 317 g/mol. The summed E-state index contributed by atoms with van der Waals surface area (Å²) in [6, 6.07) is 2.85. The van der Waals surface area contributed by atoms with Crippen molar-refractivity contribution in [3.05, 3.63) is 37.9 Å². The first-order valence-electron chi connectivity index (χ1n) is 4.33. The van der Waals surface area contributed by atoms with E-state index in [9.17, 15) is 8.78 Å². The second-order valence-corrected chi connectivity index (χ2v) is 4.79. The summed E-state index contributed by atoms with van der Waals surface area (Å²) < 4.78 is 25.5. The minimum Gasteiger partial charge on any atom is -0.234 e. The summed E-state index contributed by atoms with van der Waals surface area (Å²) in [5, 5.41) is 0.204. The Morgan fingerprint density at radius 1 is 1.06 bits per heavy atom. The fourth-order valence-corrected chi connectivity index (χ4v) is 2.59. The monoisotopic (exact) mass is 315 g/mol. The highest BCUT2D eigenvalue weighted by molar-refractivity contribution is 6.43. The molecule has 0 spiro atoms. The maximum Gasteiger partial charge on any atom is 0.268 e. The van der Waals surface area contributed by atoms with Crippen LogP contribution in [0.5, 0.6) is 0 Å². The Hall–Kier alpha value is -0.350. The molecule has 0 aliphatic carbocycles. The quantitative estimate of drug-likeness (QED) is 0.607. The van der Waals surface area contributed by atoms with Gasteiger partial charge in [0.1, 0.15) is 5.15 Å². The average Bonchev–Trinajstić information content (AvgIpc) is 2.19. The van der Waals surface area contributed by atoms with Gasteiger partial charge in [-0.3, -0.25) is 0 Å². The van der Waals surface area contributed by atoms with E-state index in [-0.39, 0.29) is 31.1 Å². The summed E-state index contributed by atoms with van der Waals surface area (Å²) in [5.74, 6) is 0. The maximum atomic E-state index is 12.7. The Balaban J connectivity index is 2.92. The van der Waals surface area contributed by atoms with E-state index in [1.165, 1.54) is 12.1 Å². The van der Waals surface area contributed by atoms with E-state index in [4.69, 9.17) is 46.4 Å². The van der Waals surface area contributed by atoms with Crippen LogP contribution in [0.3, 0.4) is 0 Å². The van der Waals surface area contributed by atoms with Crippen molar-refractivity contribution in [2.24, 2.45) is 0 Å². The molecule has 0 aliphatic heterocycles. The normalized spacial score (nSPS) is 11.5. The van der Waals surface area contributed by atoms with Gasteiger partial charge in [-0.25, -0.2) is 13.8 Å². The molecule has 2 rings (SSSR count). The fraction of sp³-hybridized carbons (Fsp3) is 0.100. The van der Waals surface area contributed by atoms with Gasteiger partial charge in [-0.05, 0) is 12.1 Å². The lowest BCUT2D eigenvalue weighted by molar-refractivity contribution is 0.151. The molecule has 0 atom stereocenters. The van der Waals surface area contributed by atoms with Crippen molar-refractivity contribution in [1.82, 2.24) is 4.98 Å². The smallest absolute Gasteiger partial charge is 0.234 e. The molecule has 90 valence electrons. The molecular weight excluding hydrogens is 314 g/mol. The molecule has 1 aromatic heterocycles. The highest BCUT2D eigenvalue weighted by Crippen LogP contribution is 2.39. The van der Waals surface area contributed by atoms with Crippen molar-refractivity contribution in [3.63, 3.8) is 0 Å². The number of benzene rings is 1. The van der Waals surface area contributed by atoms with Gasteiger partial charge < -0.3 is 0 Å². The van der Waals surface area contributed by atoms with E-state index in [2.05, 4.69) is 4.98 Å². The van der Waals surface area contributed by atoms with Crippen LogP contribution in [0, 0.1) is 0 Å². The van der Waals surface area contributed by atoms with Gasteiger partial charge in [0.05, 0.1) is 21.1 Å². The third-order valence-electron chi connectivity index (χ3n) is 2.15. The molecule has 0 fully saturated rings. The van der Waals surface area contributed by atoms with Crippen LogP contribution in [0.25, 0.3) is 10.9 Å². The van der Waals surface area contributed by atoms with Gasteiger partial charge in [0.2, 0.25) is 0 Å². The van der Waals surface area contributed by atoms with Gasteiger partial charge >= 0.3 is 0 Å². The molecule has 1 aromatic carbocycles. The predicted molar refractivity (Wildman–Crippen MR) is 66.7 cm³/mol. The van der Waals surface area contributed by atoms with Gasteiger partial charge in [0.15, 0.2) is 0 Å². The molecule has 0 aliphatic rings. The highest BCUT2D eigenvalue weighted by atomic mass is 35.5. The largest absolute Gasteiger partial charge is 0.268 e. The van der Waals surface area contributed by atoms with E-state index in [0.717, 1.165) is 0 Å². The lowest BCUT2D eigenvalue weighted by Gasteiger charge is -2.10. The SMILES string of the molecule is FC(F)c1c(Cl)nc2c(Cl)cc(Cl)cc2c1Cl. The number of hydrogen-bond donors (Lipinski definition) is 0. The Bertz CT molecular complexity index is 601. The lowest BCUT2D eigenvalue weighted by atomic mass is 10.1. The van der Waals surface area contributed by atoms with E-state index in [1.54, 1.807) is 0 Å². The number of fused-ring (bicyclic) bond motifs is 1. The van der Waals surface area contributed by atoms with Gasteiger partial charge in [-0.1, -0.05) is 46.4 Å². The van der Waals surface area contributed by atoms with Gasteiger partial charge in [0.25, 0.3) is 6.43 Å². The summed E-state index contributed by atoms with van der Waals surface area (Å²) >= 11 is 23.2. The molecule has 0 bridgehead atoms. The molecule has 0 radical (unpaired) electrons. The van der Waals surface area contributed by atoms with Crippen LogP contribution in [0.4, 0.5) is 8.78 Å². The number of nitrogens with zero attached hydrogens (tertiary/aromatic N) is 1. The van der Waals surface area contributed by atoms with Gasteiger partial charge in [-0.15, -0.1) is 0 Å². The first-order valence-corrected chi connectivity index (χ1v) is 5.84. The molecule has 0 unspecified atom stereocenters. The molecule has 1 heterocycles. The van der Waals surface area contributed by atoms with Crippen molar-refractivity contribution < 1.29 is 8.78 Å². The lowest BCUT2D eigenvalue weighted by Crippen LogP contribution is -1.94. The standard InChI is InChI=1S/C10H3Cl4F2N/c11-3-1-4-7(13)6(10(15)16)9(14)17-8(4)5(12)2-3/h1-2,10H. The molecule has 17 heavy (non-hydrogen) atoms. The number of alkyl halides is 2. The molecule has 0 amide bonds. The van der Waals surface area contributed by atoms with Crippen LogP contribution in [0.1, 0.15) is 12.0 Å². The minimum absolute atomic E-state index is 0.181. The van der Waals surface area contributed by atoms with Crippen LogP contribution in [-0.4, -0.2) is 4.98 Å². The van der Waals surface area contributed by atoms with Crippen LogP contribution < -0.4 is 0 Å². The Morgan fingerprint density at radius 3 is 2.29 bits per heavy atom. The topological polar surface area (TPSA) is 12.9 Å². The van der Waals surface area contributed by atoms with Crippen molar-refractivity contribution in [2.45, 2.75) is 6.43 Å². The second-order valence-electron chi connectivity index (χ2n) is 3.21. The maximum absolute atomic E-state index is 12.7. The predicted octanol–water partition coefficient (Wildman–Crippen LogP) is 5.79. The van der Waals surface area contributed by atoms with Crippen molar-refractivity contribution >= 4 is 57.3 Å².